The van der Waals surface area contributed by atoms with Gasteiger partial charge in [-0.05, 0) is 32.8 Å². The van der Waals surface area contributed by atoms with Crippen molar-refractivity contribution in [1.82, 2.24) is 0 Å². The molecule has 1 aromatic carbocycles. The first-order chi connectivity index (χ1) is 9.19. The van der Waals surface area contributed by atoms with Crippen LogP contribution in [0.5, 0.6) is 0 Å². The van der Waals surface area contributed by atoms with Crippen LogP contribution in [0.25, 0.3) is 0 Å². The van der Waals surface area contributed by atoms with E-state index >= 15 is 0 Å². The molecule has 0 fully saturated rings. The normalized spacial score (nSPS) is 11.8. The number of hydrogen-bond acceptors (Lipinski definition) is 5. The third-order valence-electron chi connectivity index (χ3n) is 2.91. The maximum absolute atomic E-state index is 12.1. The van der Waals surface area contributed by atoms with E-state index in [1.165, 1.54) is 24.3 Å². The largest absolute Gasteiger partial charge is 0.287 e. The number of nitrogens with zero attached hydrogens (tertiary/aromatic N) is 2. The Kier molecular flexibility index (Phi) is 4.84. The molecular formula is C13H16N2O4S. The van der Waals surface area contributed by atoms with Crippen molar-refractivity contribution in [3.05, 3.63) is 34.4 Å². The van der Waals surface area contributed by atoms with Gasteiger partial charge in [0.1, 0.15) is 4.90 Å². The van der Waals surface area contributed by atoms with Gasteiger partial charge < -0.3 is 0 Å². The van der Waals surface area contributed by atoms with E-state index in [0.717, 1.165) is 0 Å². The number of sulfone groups is 1. The molecule has 1 rings (SSSR count). The smallest absolute Gasteiger partial charge is 0.258 e. The first kappa shape index (κ1) is 16.1. The van der Waals surface area contributed by atoms with Crippen LogP contribution in [0.4, 0.5) is 5.69 Å². The third-order valence-corrected chi connectivity index (χ3v) is 4.76. The lowest BCUT2D eigenvalue weighted by Crippen LogP contribution is -2.13. The average Bonchev–Trinajstić information content (AvgIpc) is 2.38. The molecule has 20 heavy (non-hydrogen) atoms. The summed E-state index contributed by atoms with van der Waals surface area (Å²) in [6.07, 6.45) is 0.707. The van der Waals surface area contributed by atoms with Crippen LogP contribution in [0.3, 0.4) is 0 Å². The predicted molar refractivity (Wildman–Crippen MR) is 73.8 cm³/mol. The number of nitro benzene ring substituents is 1. The van der Waals surface area contributed by atoms with Crippen LogP contribution in [0.15, 0.2) is 29.2 Å². The Labute approximate surface area is 118 Å². The van der Waals surface area contributed by atoms with Gasteiger partial charge in [0.2, 0.25) is 0 Å². The molecule has 1 aromatic rings. The molecule has 0 bridgehead atoms. The fourth-order valence-electron chi connectivity index (χ4n) is 1.74. The summed E-state index contributed by atoms with van der Waals surface area (Å²) in [5.74, 6) is -0.205. The molecule has 0 atom stereocenters. The molecule has 0 spiro atoms. The van der Waals surface area contributed by atoms with Gasteiger partial charge in [0, 0.05) is 6.07 Å². The van der Waals surface area contributed by atoms with E-state index in [2.05, 4.69) is 6.07 Å². The van der Waals surface area contributed by atoms with E-state index in [0.29, 0.717) is 6.42 Å². The Morgan fingerprint density at radius 1 is 1.35 bits per heavy atom. The molecule has 6 nitrogen and oxygen atoms in total. The lowest BCUT2D eigenvalue weighted by molar-refractivity contribution is -0.387. The van der Waals surface area contributed by atoms with Crippen molar-refractivity contribution in [3.63, 3.8) is 0 Å². The maximum atomic E-state index is 12.1. The highest BCUT2D eigenvalue weighted by molar-refractivity contribution is 7.91. The molecule has 0 unspecified atom stereocenters. The summed E-state index contributed by atoms with van der Waals surface area (Å²) in [4.78, 5) is 9.88. The summed E-state index contributed by atoms with van der Waals surface area (Å²) in [5.41, 5.74) is -1.01. The molecule has 0 aliphatic rings. The second-order valence-corrected chi connectivity index (χ2v) is 7.22. The van der Waals surface area contributed by atoms with Crippen molar-refractivity contribution in [2.45, 2.75) is 31.6 Å². The summed E-state index contributed by atoms with van der Waals surface area (Å²) >= 11 is 0. The first-order valence-electron chi connectivity index (χ1n) is 6.07. The lowest BCUT2D eigenvalue weighted by Gasteiger charge is -2.14. The van der Waals surface area contributed by atoms with E-state index in [1.807, 2.05) is 0 Å². The predicted octanol–water partition coefficient (Wildman–Crippen LogP) is 2.70. The lowest BCUT2D eigenvalue weighted by atomic mass is 9.90. The molecular weight excluding hydrogens is 280 g/mol. The Bertz CT molecular complexity index is 645. The van der Waals surface area contributed by atoms with E-state index in [1.54, 1.807) is 13.8 Å². The third kappa shape index (κ3) is 4.03. The Morgan fingerprint density at radius 3 is 2.50 bits per heavy atom. The van der Waals surface area contributed by atoms with Crippen LogP contribution >= 0.6 is 0 Å². The highest BCUT2D eigenvalue weighted by Crippen LogP contribution is 2.26. The van der Waals surface area contributed by atoms with E-state index in [4.69, 9.17) is 5.26 Å². The Balaban J connectivity index is 2.91. The van der Waals surface area contributed by atoms with Gasteiger partial charge in [-0.2, -0.15) is 5.26 Å². The Morgan fingerprint density at radius 2 is 1.95 bits per heavy atom. The zero-order valence-corrected chi connectivity index (χ0v) is 12.2. The van der Waals surface area contributed by atoms with Crippen molar-refractivity contribution < 1.29 is 13.3 Å². The molecule has 0 N–H and O–H groups in total. The van der Waals surface area contributed by atoms with Crippen LogP contribution < -0.4 is 0 Å². The van der Waals surface area contributed by atoms with Crippen molar-refractivity contribution in [2.24, 2.45) is 5.41 Å². The molecule has 0 radical (unpaired) electrons. The molecule has 0 amide bonds. The van der Waals surface area contributed by atoms with Crippen LogP contribution in [0.2, 0.25) is 0 Å². The summed E-state index contributed by atoms with van der Waals surface area (Å²) in [5, 5.41) is 19.7. The topological polar surface area (TPSA) is 101 Å². The fourth-order valence-corrected chi connectivity index (χ4v) is 3.23. The number of para-hydroxylation sites is 1. The standard InChI is InChI=1S/C13H16N2O4S/c1-13(2,10-14)8-5-9-20(18,19)12-7-4-3-6-11(12)15(16)17/h3-4,6-7H,5,8-9H2,1-2H3. The minimum atomic E-state index is -3.72. The Hall–Kier alpha value is -1.94. The second kappa shape index (κ2) is 6.01. The first-order valence-corrected chi connectivity index (χ1v) is 7.72. The van der Waals surface area contributed by atoms with Gasteiger partial charge in [-0.15, -0.1) is 0 Å². The van der Waals surface area contributed by atoms with Gasteiger partial charge >= 0.3 is 0 Å². The fraction of sp³-hybridized carbons (Fsp3) is 0.462. The van der Waals surface area contributed by atoms with Crippen LogP contribution in [0.1, 0.15) is 26.7 Å². The van der Waals surface area contributed by atoms with E-state index in [-0.39, 0.29) is 17.1 Å². The van der Waals surface area contributed by atoms with Gasteiger partial charge in [0.25, 0.3) is 5.69 Å². The highest BCUT2D eigenvalue weighted by atomic mass is 32.2. The van der Waals surface area contributed by atoms with Gasteiger partial charge in [-0.1, -0.05) is 12.1 Å². The van der Waals surface area contributed by atoms with E-state index < -0.39 is 25.9 Å². The van der Waals surface area contributed by atoms with Gasteiger partial charge in [0.15, 0.2) is 9.84 Å². The van der Waals surface area contributed by atoms with Crippen molar-refractivity contribution >= 4 is 15.5 Å². The molecule has 0 saturated heterocycles. The molecule has 108 valence electrons. The van der Waals surface area contributed by atoms with Crippen LogP contribution in [-0.4, -0.2) is 19.1 Å². The van der Waals surface area contributed by atoms with E-state index in [9.17, 15) is 18.5 Å². The van der Waals surface area contributed by atoms with Gasteiger partial charge in [-0.25, -0.2) is 8.42 Å². The number of hydrogen-bond donors (Lipinski definition) is 0. The van der Waals surface area contributed by atoms with Gasteiger partial charge in [0.05, 0.1) is 22.2 Å². The monoisotopic (exact) mass is 296 g/mol. The summed E-state index contributed by atoms with van der Waals surface area (Å²) in [7, 11) is -3.72. The van der Waals surface area contributed by atoms with Crippen molar-refractivity contribution in [2.75, 3.05) is 5.75 Å². The zero-order valence-electron chi connectivity index (χ0n) is 11.4. The summed E-state index contributed by atoms with van der Waals surface area (Å²) < 4.78 is 24.3. The second-order valence-electron chi connectivity index (χ2n) is 5.14. The minimum Gasteiger partial charge on any atom is -0.258 e. The molecule has 0 aliphatic carbocycles. The summed E-state index contributed by atoms with van der Waals surface area (Å²) in [6, 6.07) is 7.39. The minimum absolute atomic E-state index is 0.205. The van der Waals surface area contributed by atoms with Gasteiger partial charge in [-0.3, -0.25) is 10.1 Å². The number of rotatable bonds is 6. The quantitative estimate of drug-likeness (QED) is 0.593. The number of benzene rings is 1. The maximum Gasteiger partial charge on any atom is 0.287 e. The average molecular weight is 296 g/mol. The molecule has 0 heterocycles. The van der Waals surface area contributed by atoms with Crippen LogP contribution in [-0.2, 0) is 9.84 Å². The zero-order chi connectivity index (χ0) is 15.4. The summed E-state index contributed by atoms with van der Waals surface area (Å²) in [6.45, 7) is 3.45. The van der Waals surface area contributed by atoms with Crippen molar-refractivity contribution in [3.8, 4) is 6.07 Å². The molecule has 0 aliphatic heterocycles. The number of nitro groups is 1. The SMILES string of the molecule is CC(C)(C#N)CCCS(=O)(=O)c1ccccc1[N+](=O)[O-]. The number of nitriles is 1. The van der Waals surface area contributed by atoms with Crippen LogP contribution in [0, 0.1) is 26.9 Å². The molecule has 0 saturated carbocycles. The molecule has 0 aromatic heterocycles. The van der Waals surface area contributed by atoms with Crippen molar-refractivity contribution in [1.29, 1.82) is 5.26 Å². The molecule has 7 heteroatoms. The highest BCUT2D eigenvalue weighted by Gasteiger charge is 2.26.